The lowest BCUT2D eigenvalue weighted by atomic mass is 10.1. The van der Waals surface area contributed by atoms with Gasteiger partial charge in [-0.25, -0.2) is 0 Å². The maximum Gasteiger partial charge on any atom is 0.232 e. The van der Waals surface area contributed by atoms with E-state index in [0.717, 1.165) is 25.0 Å². The number of nitrogens with zero attached hydrogens (tertiary/aromatic N) is 2. The van der Waals surface area contributed by atoms with E-state index in [1.807, 2.05) is 18.2 Å². The monoisotopic (exact) mass is 385 g/mol. The molecule has 1 aromatic carbocycles. The highest BCUT2D eigenvalue weighted by Gasteiger charge is 2.18. The molecule has 0 aliphatic carbocycles. The van der Waals surface area contributed by atoms with Gasteiger partial charge < -0.3 is 28.7 Å². The standard InChI is InChI=1S/C20H23N3O5/c1-24-16-9-13(10-17(25-2)19(16)26-3)6-7-18-23-15(11-21)20(28-18)22-12-14-5-4-8-27-14/h6-7,9-10,14,22H,4-5,8,12H2,1-3H3/b7-6+. The van der Waals surface area contributed by atoms with Crippen molar-refractivity contribution >= 4 is 18.0 Å². The molecular formula is C20H23N3O5. The fourth-order valence-electron chi connectivity index (χ4n) is 2.98. The summed E-state index contributed by atoms with van der Waals surface area (Å²) in [5.74, 6) is 2.28. The van der Waals surface area contributed by atoms with Crippen molar-refractivity contribution in [1.29, 1.82) is 5.26 Å². The molecule has 1 fully saturated rings. The van der Waals surface area contributed by atoms with E-state index in [-0.39, 0.29) is 11.8 Å². The van der Waals surface area contributed by atoms with Crippen LogP contribution in [0, 0.1) is 11.3 Å². The number of methoxy groups -OCH3 is 3. The Kier molecular flexibility index (Phi) is 6.40. The van der Waals surface area contributed by atoms with E-state index >= 15 is 0 Å². The fraction of sp³-hybridized carbons (Fsp3) is 0.400. The summed E-state index contributed by atoms with van der Waals surface area (Å²) in [6, 6.07) is 5.66. The van der Waals surface area contributed by atoms with E-state index < -0.39 is 0 Å². The van der Waals surface area contributed by atoms with Crippen LogP contribution < -0.4 is 19.5 Å². The lowest BCUT2D eigenvalue weighted by Gasteiger charge is -2.12. The maximum absolute atomic E-state index is 9.29. The highest BCUT2D eigenvalue weighted by atomic mass is 16.5. The van der Waals surface area contributed by atoms with Crippen LogP contribution in [0.5, 0.6) is 17.2 Å². The Labute approximate surface area is 163 Å². The highest BCUT2D eigenvalue weighted by Crippen LogP contribution is 2.38. The van der Waals surface area contributed by atoms with Gasteiger partial charge in [0.2, 0.25) is 23.2 Å². The fourth-order valence-corrected chi connectivity index (χ4v) is 2.98. The molecule has 0 amide bonds. The summed E-state index contributed by atoms with van der Waals surface area (Å²) in [6.07, 6.45) is 5.66. The van der Waals surface area contributed by atoms with Crippen LogP contribution in [0.1, 0.15) is 30.0 Å². The number of ether oxygens (including phenoxy) is 4. The summed E-state index contributed by atoms with van der Waals surface area (Å²) < 4.78 is 27.3. The number of anilines is 1. The number of benzene rings is 1. The molecule has 1 unspecified atom stereocenters. The van der Waals surface area contributed by atoms with Gasteiger partial charge in [0.25, 0.3) is 0 Å². The normalized spacial score (nSPS) is 16.1. The van der Waals surface area contributed by atoms with Crippen LogP contribution in [-0.4, -0.2) is 45.6 Å². The third kappa shape index (κ3) is 4.38. The zero-order valence-corrected chi connectivity index (χ0v) is 16.2. The predicted octanol–water partition coefficient (Wildman–Crippen LogP) is 3.33. The molecule has 1 aromatic heterocycles. The van der Waals surface area contributed by atoms with Crippen molar-refractivity contribution in [2.45, 2.75) is 18.9 Å². The average Bonchev–Trinajstić information content (AvgIpc) is 3.39. The molecule has 8 heteroatoms. The molecule has 2 heterocycles. The molecule has 1 N–H and O–H groups in total. The third-order valence-corrected chi connectivity index (χ3v) is 4.37. The number of nitrogens with one attached hydrogen (secondary N) is 1. The average molecular weight is 385 g/mol. The molecule has 1 atom stereocenters. The SMILES string of the molecule is COc1cc(/C=C/c2nc(C#N)c(NCC3CCCO3)o2)cc(OC)c1OC. The minimum atomic E-state index is 0.134. The lowest BCUT2D eigenvalue weighted by molar-refractivity contribution is 0.120. The second-order valence-electron chi connectivity index (χ2n) is 6.15. The molecule has 0 saturated carbocycles. The van der Waals surface area contributed by atoms with Crippen molar-refractivity contribution in [2.75, 3.05) is 39.8 Å². The van der Waals surface area contributed by atoms with Crippen molar-refractivity contribution in [3.8, 4) is 23.3 Å². The molecule has 1 saturated heterocycles. The van der Waals surface area contributed by atoms with Gasteiger partial charge in [0, 0.05) is 19.2 Å². The molecule has 1 aliphatic rings. The number of hydrogen-bond acceptors (Lipinski definition) is 8. The van der Waals surface area contributed by atoms with E-state index in [0.29, 0.717) is 35.6 Å². The molecule has 148 valence electrons. The van der Waals surface area contributed by atoms with Gasteiger partial charge in [-0.1, -0.05) is 0 Å². The van der Waals surface area contributed by atoms with Crippen molar-refractivity contribution in [1.82, 2.24) is 4.98 Å². The number of rotatable bonds is 8. The van der Waals surface area contributed by atoms with E-state index in [1.54, 1.807) is 33.5 Å². The molecule has 0 radical (unpaired) electrons. The summed E-state index contributed by atoms with van der Waals surface area (Å²) in [5, 5.41) is 12.4. The largest absolute Gasteiger partial charge is 0.493 e. The summed E-state index contributed by atoms with van der Waals surface area (Å²) in [4.78, 5) is 4.20. The highest BCUT2D eigenvalue weighted by molar-refractivity contribution is 5.71. The first kappa shape index (κ1) is 19.6. The van der Waals surface area contributed by atoms with Gasteiger partial charge in [0.1, 0.15) is 6.07 Å². The molecule has 2 aromatic rings. The first-order chi connectivity index (χ1) is 13.7. The van der Waals surface area contributed by atoms with Gasteiger partial charge in [0.15, 0.2) is 11.5 Å². The van der Waals surface area contributed by atoms with Crippen molar-refractivity contribution in [3.63, 3.8) is 0 Å². The number of nitriles is 1. The van der Waals surface area contributed by atoms with Gasteiger partial charge in [-0.3, -0.25) is 0 Å². The Morgan fingerprint density at radius 3 is 2.54 bits per heavy atom. The number of aromatic nitrogens is 1. The first-order valence-corrected chi connectivity index (χ1v) is 8.93. The zero-order chi connectivity index (χ0) is 19.9. The summed E-state index contributed by atoms with van der Waals surface area (Å²) in [5.41, 5.74) is 1.02. The minimum Gasteiger partial charge on any atom is -0.493 e. The van der Waals surface area contributed by atoms with Crippen molar-refractivity contribution in [2.24, 2.45) is 0 Å². The summed E-state index contributed by atoms with van der Waals surface area (Å²) in [6.45, 7) is 1.36. The Hall–Kier alpha value is -3.18. The van der Waals surface area contributed by atoms with Gasteiger partial charge in [-0.2, -0.15) is 10.2 Å². The first-order valence-electron chi connectivity index (χ1n) is 8.93. The second-order valence-corrected chi connectivity index (χ2v) is 6.15. The summed E-state index contributed by atoms with van der Waals surface area (Å²) >= 11 is 0. The molecule has 8 nitrogen and oxygen atoms in total. The van der Waals surface area contributed by atoms with E-state index in [4.69, 9.17) is 23.4 Å². The van der Waals surface area contributed by atoms with E-state index in [2.05, 4.69) is 10.3 Å². The number of hydrogen-bond donors (Lipinski definition) is 1. The van der Waals surface area contributed by atoms with E-state index in [1.165, 1.54) is 0 Å². The molecule has 1 aliphatic heterocycles. The Morgan fingerprint density at radius 1 is 1.21 bits per heavy atom. The lowest BCUT2D eigenvalue weighted by Crippen LogP contribution is -2.18. The predicted molar refractivity (Wildman–Crippen MR) is 104 cm³/mol. The molecule has 0 bridgehead atoms. The zero-order valence-electron chi connectivity index (χ0n) is 16.2. The second kappa shape index (κ2) is 9.15. The van der Waals surface area contributed by atoms with Crippen molar-refractivity contribution in [3.05, 3.63) is 29.3 Å². The van der Waals surface area contributed by atoms with Gasteiger partial charge in [0.05, 0.1) is 27.4 Å². The van der Waals surface area contributed by atoms with E-state index in [9.17, 15) is 5.26 Å². The van der Waals surface area contributed by atoms with Crippen LogP contribution in [0.2, 0.25) is 0 Å². The van der Waals surface area contributed by atoms with Crippen LogP contribution in [0.15, 0.2) is 16.5 Å². The van der Waals surface area contributed by atoms with Crippen LogP contribution in [-0.2, 0) is 4.74 Å². The van der Waals surface area contributed by atoms with Crippen LogP contribution in [0.4, 0.5) is 5.88 Å². The molecular weight excluding hydrogens is 362 g/mol. The number of oxazole rings is 1. The molecule has 0 spiro atoms. The maximum atomic E-state index is 9.29. The molecule has 3 rings (SSSR count). The van der Waals surface area contributed by atoms with Crippen LogP contribution in [0.3, 0.4) is 0 Å². The molecule has 28 heavy (non-hydrogen) atoms. The van der Waals surface area contributed by atoms with Gasteiger partial charge in [-0.15, -0.1) is 0 Å². The Bertz CT molecular complexity index is 853. The Balaban J connectivity index is 1.77. The van der Waals surface area contributed by atoms with Crippen LogP contribution >= 0.6 is 0 Å². The van der Waals surface area contributed by atoms with Crippen LogP contribution in [0.25, 0.3) is 12.2 Å². The smallest absolute Gasteiger partial charge is 0.232 e. The van der Waals surface area contributed by atoms with Crippen molar-refractivity contribution < 1.29 is 23.4 Å². The summed E-state index contributed by atoms with van der Waals surface area (Å²) in [7, 11) is 4.67. The third-order valence-electron chi connectivity index (χ3n) is 4.37. The quantitative estimate of drug-likeness (QED) is 0.739. The topological polar surface area (TPSA) is 98.8 Å². The Morgan fingerprint density at radius 2 is 1.96 bits per heavy atom. The van der Waals surface area contributed by atoms with Gasteiger partial charge in [-0.05, 0) is 36.6 Å². The minimum absolute atomic E-state index is 0.134. The van der Waals surface area contributed by atoms with Gasteiger partial charge >= 0.3 is 0 Å².